The van der Waals surface area contributed by atoms with Crippen LogP contribution in [0.25, 0.3) is 11.0 Å². The van der Waals surface area contributed by atoms with Gasteiger partial charge in [-0.05, 0) is 54.8 Å². The van der Waals surface area contributed by atoms with Crippen molar-refractivity contribution < 1.29 is 9.53 Å². The van der Waals surface area contributed by atoms with Gasteiger partial charge in [-0.25, -0.2) is 4.98 Å². The van der Waals surface area contributed by atoms with Crippen LogP contribution >= 0.6 is 0 Å². The third-order valence-electron chi connectivity index (χ3n) is 5.59. The van der Waals surface area contributed by atoms with Crippen molar-refractivity contribution in [1.29, 1.82) is 0 Å². The van der Waals surface area contributed by atoms with Gasteiger partial charge in [-0.3, -0.25) is 4.79 Å². The largest absolute Gasteiger partial charge is 0.492 e. The van der Waals surface area contributed by atoms with Gasteiger partial charge < -0.3 is 14.6 Å². The van der Waals surface area contributed by atoms with Crippen molar-refractivity contribution >= 4 is 16.9 Å². The molecule has 0 aliphatic carbocycles. The lowest BCUT2D eigenvalue weighted by molar-refractivity contribution is 0.0937. The van der Waals surface area contributed by atoms with Crippen LogP contribution in [0.4, 0.5) is 0 Å². The fourth-order valence-corrected chi connectivity index (χ4v) is 3.80. The first-order chi connectivity index (χ1) is 15.5. The summed E-state index contributed by atoms with van der Waals surface area (Å²) in [6, 6.07) is 25.3. The topological polar surface area (TPSA) is 56.1 Å². The lowest BCUT2D eigenvalue weighted by atomic mass is 10.0. The number of rotatable bonds is 8. The van der Waals surface area contributed by atoms with E-state index < -0.39 is 0 Å². The van der Waals surface area contributed by atoms with Gasteiger partial charge in [-0.1, -0.05) is 56.3 Å². The number of aromatic nitrogens is 2. The van der Waals surface area contributed by atoms with Gasteiger partial charge >= 0.3 is 0 Å². The van der Waals surface area contributed by atoms with Crippen LogP contribution in [0.1, 0.15) is 54.5 Å². The summed E-state index contributed by atoms with van der Waals surface area (Å²) in [7, 11) is 0. The number of fused-ring (bicyclic) bond motifs is 1. The summed E-state index contributed by atoms with van der Waals surface area (Å²) >= 11 is 0. The lowest BCUT2D eigenvalue weighted by Crippen LogP contribution is -2.29. The van der Waals surface area contributed by atoms with Gasteiger partial charge in [0.05, 0.1) is 23.6 Å². The maximum atomic E-state index is 12.7. The number of amides is 1. The van der Waals surface area contributed by atoms with Crippen LogP contribution in [0, 0.1) is 0 Å². The van der Waals surface area contributed by atoms with E-state index in [4.69, 9.17) is 9.72 Å². The molecule has 0 saturated heterocycles. The number of nitrogens with zero attached hydrogens (tertiary/aromatic N) is 2. The minimum atomic E-state index is -0.250. The van der Waals surface area contributed by atoms with Crippen LogP contribution in [0.5, 0.6) is 5.75 Å². The Morgan fingerprint density at radius 1 is 0.938 bits per heavy atom. The molecule has 5 nitrogen and oxygen atoms in total. The van der Waals surface area contributed by atoms with Crippen LogP contribution < -0.4 is 10.1 Å². The Hall–Kier alpha value is -3.60. The number of carbonyl (C=O) groups is 1. The number of para-hydroxylation sites is 2. The molecule has 4 rings (SSSR count). The Morgan fingerprint density at radius 2 is 1.62 bits per heavy atom. The summed E-state index contributed by atoms with van der Waals surface area (Å²) in [5.74, 6) is 2.05. The predicted octanol–water partition coefficient (Wildman–Crippen LogP) is 5.73. The highest BCUT2D eigenvalue weighted by molar-refractivity contribution is 5.94. The predicted molar refractivity (Wildman–Crippen MR) is 128 cm³/mol. The molecule has 0 bridgehead atoms. The highest BCUT2D eigenvalue weighted by Crippen LogP contribution is 2.22. The van der Waals surface area contributed by atoms with Crippen LogP contribution in [0.3, 0.4) is 0 Å². The van der Waals surface area contributed by atoms with Gasteiger partial charge in [-0.2, -0.15) is 0 Å². The summed E-state index contributed by atoms with van der Waals surface area (Å²) in [6.07, 6.45) is 0. The normalized spacial score (nSPS) is 12.1. The summed E-state index contributed by atoms with van der Waals surface area (Å²) in [4.78, 5) is 17.5. The van der Waals surface area contributed by atoms with Crippen molar-refractivity contribution in [3.05, 3.63) is 95.8 Å². The van der Waals surface area contributed by atoms with E-state index >= 15 is 0 Å². The zero-order chi connectivity index (χ0) is 22.5. The van der Waals surface area contributed by atoms with Crippen LogP contribution in [-0.4, -0.2) is 22.1 Å². The molecule has 0 radical (unpaired) electrons. The monoisotopic (exact) mass is 427 g/mol. The molecule has 1 amide bonds. The summed E-state index contributed by atoms with van der Waals surface area (Å²) in [5, 5.41) is 3.08. The minimum absolute atomic E-state index is 0.113. The van der Waals surface area contributed by atoms with Gasteiger partial charge in [0.2, 0.25) is 0 Å². The van der Waals surface area contributed by atoms with E-state index in [1.807, 2.05) is 67.6 Å². The van der Waals surface area contributed by atoms with E-state index in [0.717, 1.165) is 22.6 Å². The second-order valence-electron chi connectivity index (χ2n) is 8.24. The molecule has 1 heterocycles. The fourth-order valence-electron chi connectivity index (χ4n) is 3.80. The standard InChI is InChI=1S/C27H29N3O2/c1-19(2)21-13-15-23(16-14-21)32-18-17-30-25-12-8-7-11-24(25)29-26(30)20(3)28-27(31)22-9-5-4-6-10-22/h4-16,19-20H,17-18H2,1-3H3,(H,28,31). The van der Waals surface area contributed by atoms with Crippen molar-refractivity contribution in [2.45, 2.75) is 39.3 Å². The molecule has 164 valence electrons. The van der Waals surface area contributed by atoms with Gasteiger partial charge in [-0.15, -0.1) is 0 Å². The first-order valence-corrected chi connectivity index (χ1v) is 11.1. The molecular weight excluding hydrogens is 398 g/mol. The van der Waals surface area contributed by atoms with Crippen molar-refractivity contribution in [3.8, 4) is 5.75 Å². The van der Waals surface area contributed by atoms with Crippen LogP contribution in [0.15, 0.2) is 78.9 Å². The highest BCUT2D eigenvalue weighted by atomic mass is 16.5. The lowest BCUT2D eigenvalue weighted by Gasteiger charge is -2.17. The molecule has 0 aliphatic rings. The maximum Gasteiger partial charge on any atom is 0.251 e. The van der Waals surface area contributed by atoms with Gasteiger partial charge in [0.25, 0.3) is 5.91 Å². The van der Waals surface area contributed by atoms with Gasteiger partial charge in [0, 0.05) is 5.56 Å². The molecule has 1 N–H and O–H groups in total. The molecule has 1 atom stereocenters. The second-order valence-corrected chi connectivity index (χ2v) is 8.24. The number of carbonyl (C=O) groups excluding carboxylic acids is 1. The van der Waals surface area contributed by atoms with Crippen molar-refractivity contribution in [1.82, 2.24) is 14.9 Å². The molecule has 4 aromatic rings. The summed E-state index contributed by atoms with van der Waals surface area (Å²) in [6.45, 7) is 7.46. The summed E-state index contributed by atoms with van der Waals surface area (Å²) in [5.41, 5.74) is 3.87. The van der Waals surface area contributed by atoms with E-state index in [0.29, 0.717) is 24.6 Å². The molecule has 0 fully saturated rings. The number of hydrogen-bond acceptors (Lipinski definition) is 3. The third-order valence-corrected chi connectivity index (χ3v) is 5.59. The molecule has 0 saturated carbocycles. The number of hydrogen-bond donors (Lipinski definition) is 1. The molecular formula is C27H29N3O2. The molecule has 1 unspecified atom stereocenters. The Morgan fingerprint density at radius 3 is 2.34 bits per heavy atom. The van der Waals surface area contributed by atoms with E-state index in [1.165, 1.54) is 5.56 Å². The van der Waals surface area contributed by atoms with Gasteiger partial charge in [0.15, 0.2) is 0 Å². The van der Waals surface area contributed by atoms with Crippen molar-refractivity contribution in [2.75, 3.05) is 6.61 Å². The molecule has 32 heavy (non-hydrogen) atoms. The molecule has 1 aromatic heterocycles. The molecule has 3 aromatic carbocycles. The van der Waals surface area contributed by atoms with Crippen LogP contribution in [-0.2, 0) is 6.54 Å². The highest BCUT2D eigenvalue weighted by Gasteiger charge is 2.19. The molecule has 0 spiro atoms. The first kappa shape index (κ1) is 21.6. The third kappa shape index (κ3) is 4.83. The van der Waals surface area contributed by atoms with Crippen molar-refractivity contribution in [2.24, 2.45) is 0 Å². The average Bonchev–Trinajstić information content (AvgIpc) is 3.19. The second kappa shape index (κ2) is 9.69. The quantitative estimate of drug-likeness (QED) is 0.391. The first-order valence-electron chi connectivity index (χ1n) is 11.1. The smallest absolute Gasteiger partial charge is 0.251 e. The number of benzene rings is 3. The van der Waals surface area contributed by atoms with E-state index in [9.17, 15) is 4.79 Å². The van der Waals surface area contributed by atoms with Gasteiger partial charge in [0.1, 0.15) is 18.2 Å². The van der Waals surface area contributed by atoms with Crippen molar-refractivity contribution in [3.63, 3.8) is 0 Å². The number of ether oxygens (including phenoxy) is 1. The van der Waals surface area contributed by atoms with E-state index in [-0.39, 0.29) is 11.9 Å². The Balaban J connectivity index is 1.50. The van der Waals surface area contributed by atoms with Crippen LogP contribution in [0.2, 0.25) is 0 Å². The zero-order valence-electron chi connectivity index (χ0n) is 18.8. The van der Waals surface area contributed by atoms with E-state index in [2.05, 4.69) is 41.9 Å². The van der Waals surface area contributed by atoms with E-state index in [1.54, 1.807) is 0 Å². The average molecular weight is 428 g/mol. The Bertz CT molecular complexity index is 1180. The molecule has 0 aliphatic heterocycles. The SMILES string of the molecule is CC(C)c1ccc(OCCn2c(C(C)NC(=O)c3ccccc3)nc3ccccc32)cc1. The minimum Gasteiger partial charge on any atom is -0.492 e. The number of imidazole rings is 1. The Kier molecular flexibility index (Phi) is 6.55. The number of nitrogens with one attached hydrogen (secondary N) is 1. The fraction of sp³-hybridized carbons (Fsp3) is 0.259. The summed E-state index contributed by atoms with van der Waals surface area (Å²) < 4.78 is 8.14. The zero-order valence-corrected chi connectivity index (χ0v) is 18.8. The molecule has 5 heteroatoms. The Labute approximate surface area is 189 Å². The maximum absolute atomic E-state index is 12.7.